The molecule has 254 valence electrons. The summed E-state index contributed by atoms with van der Waals surface area (Å²) < 4.78 is 6.92. The minimum Gasteiger partial charge on any atom is -0.309 e. The molecule has 0 aliphatic rings. The predicted molar refractivity (Wildman–Crippen MR) is 224 cm³/mol. The summed E-state index contributed by atoms with van der Waals surface area (Å²) in [5.74, 6) is 0. The summed E-state index contributed by atoms with van der Waals surface area (Å²) in [4.78, 5) is 0. The number of para-hydroxylation sites is 4. The van der Waals surface area contributed by atoms with E-state index in [2.05, 4.69) is 165 Å². The Hall–Kier alpha value is -7.86. The molecule has 0 unspecified atom stereocenters. The second-order valence-corrected chi connectivity index (χ2v) is 14.0. The number of aromatic nitrogens is 3. The quantitative estimate of drug-likeness (QED) is 0.184. The van der Waals surface area contributed by atoms with E-state index in [1.54, 1.807) is 0 Å². The second-order valence-electron chi connectivity index (χ2n) is 14.0. The highest BCUT2D eigenvalue weighted by Gasteiger charge is 2.19. The molecule has 0 atom stereocenters. The van der Waals surface area contributed by atoms with Gasteiger partial charge in [0.15, 0.2) is 0 Å². The van der Waals surface area contributed by atoms with Crippen LogP contribution in [0.4, 0.5) is 0 Å². The fraction of sp³-hybridized carbons (Fsp3) is 0. The van der Waals surface area contributed by atoms with Crippen LogP contribution in [0.3, 0.4) is 0 Å². The molecule has 0 spiro atoms. The predicted octanol–water partition coefficient (Wildman–Crippen LogP) is 12.4. The van der Waals surface area contributed by atoms with Gasteiger partial charge in [0.1, 0.15) is 0 Å². The van der Waals surface area contributed by atoms with Crippen molar-refractivity contribution >= 4 is 65.4 Å². The molecule has 11 rings (SSSR count). The number of nitrogens with zero attached hydrogens (tertiary/aromatic N) is 5. The lowest BCUT2D eigenvalue weighted by atomic mass is 10.0. The summed E-state index contributed by atoms with van der Waals surface area (Å²) in [7, 11) is 0. The van der Waals surface area contributed by atoms with Crippen LogP contribution in [0.2, 0.25) is 0 Å². The minimum absolute atomic E-state index is 0.602. The van der Waals surface area contributed by atoms with E-state index in [0.717, 1.165) is 71.8 Å². The lowest BCUT2D eigenvalue weighted by Crippen LogP contribution is -1.99. The van der Waals surface area contributed by atoms with Crippen molar-refractivity contribution in [2.75, 3.05) is 0 Å². The van der Waals surface area contributed by atoms with Crippen molar-refractivity contribution in [3.8, 4) is 40.3 Å². The molecular weight excluding hydrogens is 671 g/mol. The van der Waals surface area contributed by atoms with E-state index in [1.165, 1.54) is 21.8 Å². The zero-order valence-electron chi connectivity index (χ0n) is 29.5. The first-order valence-corrected chi connectivity index (χ1v) is 18.3. The van der Waals surface area contributed by atoms with Crippen LogP contribution in [0.15, 0.2) is 176 Å². The van der Waals surface area contributed by atoms with E-state index in [9.17, 15) is 10.5 Å². The molecular formula is C50H29N5. The first-order valence-electron chi connectivity index (χ1n) is 18.3. The molecule has 11 aromatic rings. The lowest BCUT2D eigenvalue weighted by molar-refractivity contribution is 1.16. The first kappa shape index (κ1) is 30.7. The van der Waals surface area contributed by atoms with Crippen molar-refractivity contribution in [3.63, 3.8) is 0 Å². The zero-order valence-corrected chi connectivity index (χ0v) is 29.5. The van der Waals surface area contributed by atoms with Crippen molar-refractivity contribution in [2.45, 2.75) is 0 Å². The number of benzene rings is 8. The van der Waals surface area contributed by atoms with Gasteiger partial charge in [-0.15, -0.1) is 0 Å². The van der Waals surface area contributed by atoms with E-state index < -0.39 is 0 Å². The number of hydrogen-bond acceptors (Lipinski definition) is 2. The van der Waals surface area contributed by atoms with Crippen molar-refractivity contribution in [2.24, 2.45) is 0 Å². The lowest BCUT2D eigenvalue weighted by Gasteiger charge is -2.16. The van der Waals surface area contributed by atoms with Crippen molar-refractivity contribution in [3.05, 3.63) is 187 Å². The molecule has 0 fully saturated rings. The first-order chi connectivity index (χ1) is 27.2. The molecule has 5 nitrogen and oxygen atoms in total. The average Bonchev–Trinajstić information content (AvgIpc) is 3.89. The molecule has 0 bridgehead atoms. The molecule has 0 saturated carbocycles. The van der Waals surface area contributed by atoms with Gasteiger partial charge in [-0.3, -0.25) is 0 Å². The third-order valence-electron chi connectivity index (χ3n) is 11.1. The Bertz CT molecular complexity index is 3400. The monoisotopic (exact) mass is 699 g/mol. The van der Waals surface area contributed by atoms with E-state index in [-0.39, 0.29) is 0 Å². The van der Waals surface area contributed by atoms with Crippen molar-refractivity contribution < 1.29 is 0 Å². The van der Waals surface area contributed by atoms with Gasteiger partial charge in [0, 0.05) is 49.3 Å². The number of hydrogen-bond donors (Lipinski definition) is 0. The van der Waals surface area contributed by atoms with E-state index in [4.69, 9.17) is 0 Å². The number of rotatable bonds is 4. The number of fused-ring (bicyclic) bond motifs is 9. The van der Waals surface area contributed by atoms with Gasteiger partial charge in [0.25, 0.3) is 0 Å². The molecule has 0 N–H and O–H groups in total. The summed E-state index contributed by atoms with van der Waals surface area (Å²) in [5.41, 5.74) is 13.0. The van der Waals surface area contributed by atoms with Gasteiger partial charge < -0.3 is 13.7 Å². The Kier molecular flexibility index (Phi) is 6.61. The maximum Gasteiger partial charge on any atom is 0.0992 e. The standard InChI is InChI=1S/C50H29N5/c51-30-32-18-25-48-42(27-32)40-11-3-7-15-46(40)54(48)36-23-26-49-43(29-36)41-12-4-8-16-47(41)55(49)50-28-33(31-52)17-24-37(50)34-19-21-35(22-20-34)53-44-13-5-1-9-38(44)39-10-2-6-14-45(39)53/h1-29H. The summed E-state index contributed by atoms with van der Waals surface area (Å²) >= 11 is 0. The highest BCUT2D eigenvalue weighted by atomic mass is 15.0. The van der Waals surface area contributed by atoms with Crippen LogP contribution in [0.1, 0.15) is 11.1 Å². The molecule has 0 amide bonds. The topological polar surface area (TPSA) is 62.4 Å². The van der Waals surface area contributed by atoms with E-state index >= 15 is 0 Å². The summed E-state index contributed by atoms with van der Waals surface area (Å²) in [6.45, 7) is 0. The van der Waals surface area contributed by atoms with Crippen LogP contribution in [0.5, 0.6) is 0 Å². The third kappa shape index (κ3) is 4.51. The maximum absolute atomic E-state index is 10.1. The molecule has 55 heavy (non-hydrogen) atoms. The summed E-state index contributed by atoms with van der Waals surface area (Å²) in [5, 5.41) is 26.7. The molecule has 0 aliphatic heterocycles. The van der Waals surface area contributed by atoms with Crippen molar-refractivity contribution in [1.29, 1.82) is 10.5 Å². The average molecular weight is 700 g/mol. The van der Waals surface area contributed by atoms with Crippen LogP contribution in [-0.4, -0.2) is 13.7 Å². The highest BCUT2D eigenvalue weighted by Crippen LogP contribution is 2.40. The van der Waals surface area contributed by atoms with Gasteiger partial charge in [-0.05, 0) is 90.5 Å². The Morgan fingerprint density at radius 3 is 1.35 bits per heavy atom. The Morgan fingerprint density at radius 2 is 0.745 bits per heavy atom. The van der Waals surface area contributed by atoms with Gasteiger partial charge >= 0.3 is 0 Å². The van der Waals surface area contributed by atoms with Crippen LogP contribution < -0.4 is 0 Å². The molecule has 3 aromatic heterocycles. The van der Waals surface area contributed by atoms with Gasteiger partial charge in [-0.1, -0.05) is 91.0 Å². The zero-order chi connectivity index (χ0) is 36.6. The third-order valence-corrected chi connectivity index (χ3v) is 11.1. The minimum atomic E-state index is 0.602. The van der Waals surface area contributed by atoms with Gasteiger partial charge in [0.05, 0.1) is 62.1 Å². The van der Waals surface area contributed by atoms with Crippen LogP contribution in [0, 0.1) is 22.7 Å². The normalized spacial score (nSPS) is 11.6. The molecule has 3 heterocycles. The smallest absolute Gasteiger partial charge is 0.0992 e. The molecule has 5 heteroatoms. The fourth-order valence-electron chi connectivity index (χ4n) is 8.70. The Balaban J connectivity index is 1.10. The van der Waals surface area contributed by atoms with E-state index in [0.29, 0.717) is 11.1 Å². The number of nitriles is 2. The molecule has 8 aromatic carbocycles. The SMILES string of the molecule is N#Cc1ccc(-c2ccc(-n3c4ccccc4c4ccccc43)cc2)c(-n2c3ccccc3c3cc(-n4c5ccccc5c5cc(C#N)ccc54)ccc32)c1. The summed E-state index contributed by atoms with van der Waals surface area (Å²) in [6.07, 6.45) is 0. The molecule has 0 radical (unpaired) electrons. The summed E-state index contributed by atoms with van der Waals surface area (Å²) in [6, 6.07) is 66.0. The van der Waals surface area contributed by atoms with Gasteiger partial charge in [-0.25, -0.2) is 0 Å². The Labute approximate surface area is 316 Å². The molecule has 0 aliphatic carbocycles. The van der Waals surface area contributed by atoms with Crippen molar-refractivity contribution in [1.82, 2.24) is 13.7 Å². The second kappa shape index (κ2) is 11.8. The van der Waals surface area contributed by atoms with Crippen LogP contribution in [0.25, 0.3) is 93.6 Å². The largest absolute Gasteiger partial charge is 0.309 e. The van der Waals surface area contributed by atoms with Crippen LogP contribution in [-0.2, 0) is 0 Å². The van der Waals surface area contributed by atoms with Crippen LogP contribution >= 0.6 is 0 Å². The molecule has 0 saturated heterocycles. The van der Waals surface area contributed by atoms with E-state index in [1.807, 2.05) is 36.4 Å². The van der Waals surface area contributed by atoms with Gasteiger partial charge in [-0.2, -0.15) is 10.5 Å². The fourth-order valence-corrected chi connectivity index (χ4v) is 8.70. The Morgan fingerprint density at radius 1 is 0.327 bits per heavy atom. The highest BCUT2D eigenvalue weighted by molar-refractivity contribution is 6.13. The van der Waals surface area contributed by atoms with Gasteiger partial charge in [0.2, 0.25) is 0 Å². The maximum atomic E-state index is 10.1.